The fourth-order valence-corrected chi connectivity index (χ4v) is 5.31. The lowest BCUT2D eigenvalue weighted by molar-refractivity contribution is 0.102. The van der Waals surface area contributed by atoms with E-state index in [1.165, 1.54) is 0 Å². The van der Waals surface area contributed by atoms with Gasteiger partial charge < -0.3 is 9.88 Å². The number of fused-ring (bicyclic) bond motifs is 1. The Bertz CT molecular complexity index is 1500. The molecule has 1 heterocycles. The van der Waals surface area contributed by atoms with Crippen LogP contribution in [0.4, 0.5) is 11.4 Å². The zero-order chi connectivity index (χ0) is 23.0. The smallest absolute Gasteiger partial charge is 0.307 e. The van der Waals surface area contributed by atoms with Crippen molar-refractivity contribution in [3.63, 3.8) is 0 Å². The third kappa shape index (κ3) is 4.30. The van der Waals surface area contributed by atoms with E-state index in [0.29, 0.717) is 22.5 Å². The molecule has 1 amide bonds. The molecule has 0 aliphatic rings. The predicted molar refractivity (Wildman–Crippen MR) is 128 cm³/mol. The first-order valence-corrected chi connectivity index (χ1v) is 12.0. The minimum Gasteiger partial charge on any atom is -0.322 e. The van der Waals surface area contributed by atoms with Gasteiger partial charge in [-0.2, -0.15) is 0 Å². The first-order chi connectivity index (χ1) is 15.1. The number of rotatable bonds is 5. The summed E-state index contributed by atoms with van der Waals surface area (Å²) in [4.78, 5) is 24.6. The predicted octanol–water partition coefficient (Wildman–Crippen LogP) is 4.27. The Labute approximate surface area is 189 Å². The SMILES string of the molecule is Cc1ccc(S(=O)(=O)Nc2ccc(C(=O)Nc3ccc4c(c3)sc(=O)n4C)cc2C)cc1. The molecule has 0 saturated carbocycles. The summed E-state index contributed by atoms with van der Waals surface area (Å²) in [5.41, 5.74) is 3.76. The zero-order valence-electron chi connectivity index (χ0n) is 17.7. The van der Waals surface area contributed by atoms with E-state index < -0.39 is 10.0 Å². The molecule has 0 fully saturated rings. The third-order valence-electron chi connectivity index (χ3n) is 5.11. The highest BCUT2D eigenvalue weighted by molar-refractivity contribution is 7.92. The molecule has 9 heteroatoms. The number of aromatic nitrogens is 1. The number of hydrogen-bond donors (Lipinski definition) is 2. The number of nitrogens with zero attached hydrogens (tertiary/aromatic N) is 1. The summed E-state index contributed by atoms with van der Waals surface area (Å²) in [6.45, 7) is 3.62. The minimum absolute atomic E-state index is 0.0669. The maximum atomic E-state index is 12.7. The van der Waals surface area contributed by atoms with Gasteiger partial charge in [0.05, 0.1) is 20.8 Å². The van der Waals surface area contributed by atoms with Gasteiger partial charge in [-0.15, -0.1) is 0 Å². The van der Waals surface area contributed by atoms with E-state index in [1.807, 2.05) is 6.92 Å². The number of carbonyl (C=O) groups is 1. The summed E-state index contributed by atoms with van der Waals surface area (Å²) in [7, 11) is -2.03. The lowest BCUT2D eigenvalue weighted by atomic mass is 10.1. The number of amides is 1. The molecule has 0 unspecified atom stereocenters. The number of nitrogens with one attached hydrogen (secondary N) is 2. The lowest BCUT2D eigenvalue weighted by Crippen LogP contribution is -2.15. The van der Waals surface area contributed by atoms with Crippen LogP contribution < -0.4 is 14.9 Å². The summed E-state index contributed by atoms with van der Waals surface area (Å²) in [6, 6.07) is 16.6. The van der Waals surface area contributed by atoms with Crippen molar-refractivity contribution in [2.45, 2.75) is 18.7 Å². The summed E-state index contributed by atoms with van der Waals surface area (Å²) >= 11 is 1.12. The van der Waals surface area contributed by atoms with Crippen LogP contribution in [0.1, 0.15) is 21.5 Å². The van der Waals surface area contributed by atoms with Crippen LogP contribution in [0.25, 0.3) is 10.2 Å². The molecule has 0 atom stereocenters. The van der Waals surface area contributed by atoms with E-state index in [1.54, 1.807) is 79.2 Å². The van der Waals surface area contributed by atoms with E-state index in [4.69, 9.17) is 0 Å². The largest absolute Gasteiger partial charge is 0.322 e. The fourth-order valence-electron chi connectivity index (χ4n) is 3.26. The molecular formula is C23H21N3O4S2. The lowest BCUT2D eigenvalue weighted by Gasteiger charge is -2.12. The number of thiazole rings is 1. The molecule has 164 valence electrons. The molecule has 1 aromatic heterocycles. The Morgan fingerprint density at radius 2 is 1.69 bits per heavy atom. The van der Waals surface area contributed by atoms with E-state index in [2.05, 4.69) is 10.0 Å². The van der Waals surface area contributed by atoms with Crippen LogP contribution in [0.3, 0.4) is 0 Å². The van der Waals surface area contributed by atoms with Crippen LogP contribution in [-0.4, -0.2) is 18.9 Å². The van der Waals surface area contributed by atoms with Gasteiger partial charge in [0.1, 0.15) is 0 Å². The fraction of sp³-hybridized carbons (Fsp3) is 0.130. The van der Waals surface area contributed by atoms with Gasteiger partial charge in [-0.1, -0.05) is 29.0 Å². The van der Waals surface area contributed by atoms with Crippen LogP contribution in [0.15, 0.2) is 70.4 Å². The number of sulfonamides is 1. The van der Waals surface area contributed by atoms with Crippen molar-refractivity contribution in [3.05, 3.63) is 87.0 Å². The van der Waals surface area contributed by atoms with E-state index in [0.717, 1.165) is 27.1 Å². The van der Waals surface area contributed by atoms with Gasteiger partial charge in [-0.25, -0.2) is 8.42 Å². The van der Waals surface area contributed by atoms with Crippen molar-refractivity contribution in [1.82, 2.24) is 4.57 Å². The topological polar surface area (TPSA) is 97.3 Å². The quantitative estimate of drug-likeness (QED) is 0.458. The second-order valence-corrected chi connectivity index (χ2v) is 10.2. The molecule has 0 bridgehead atoms. The Hall–Kier alpha value is -3.43. The van der Waals surface area contributed by atoms with Crippen molar-refractivity contribution in [3.8, 4) is 0 Å². The highest BCUT2D eigenvalue weighted by atomic mass is 32.2. The monoisotopic (exact) mass is 467 g/mol. The number of benzene rings is 3. The number of carbonyl (C=O) groups excluding carboxylic acids is 1. The molecule has 4 aromatic rings. The third-order valence-corrected chi connectivity index (χ3v) is 7.49. The number of aryl methyl sites for hydroxylation is 3. The molecule has 7 nitrogen and oxygen atoms in total. The van der Waals surface area contributed by atoms with Crippen LogP contribution in [-0.2, 0) is 17.1 Å². The standard InChI is InChI=1S/C23H21N3O4S2/c1-14-4-8-18(9-5-14)32(29,30)25-19-10-6-16(12-15(19)2)22(27)24-17-7-11-20-21(13-17)31-23(28)26(20)3/h4-13,25H,1-3H3,(H,24,27). The van der Waals surface area contributed by atoms with E-state index in [-0.39, 0.29) is 15.7 Å². The van der Waals surface area contributed by atoms with Crippen LogP contribution >= 0.6 is 11.3 Å². The Kier molecular flexibility index (Phi) is 5.62. The molecular weight excluding hydrogens is 446 g/mol. The summed E-state index contributed by atoms with van der Waals surface area (Å²) in [6.07, 6.45) is 0. The van der Waals surface area contributed by atoms with Crippen molar-refractivity contribution in [2.24, 2.45) is 7.05 Å². The van der Waals surface area contributed by atoms with Gasteiger partial charge in [0, 0.05) is 18.3 Å². The summed E-state index contributed by atoms with van der Waals surface area (Å²) in [5, 5.41) is 2.82. The average Bonchev–Trinajstić information content (AvgIpc) is 3.02. The first-order valence-electron chi connectivity index (χ1n) is 9.75. The maximum absolute atomic E-state index is 12.7. The highest BCUT2D eigenvalue weighted by Gasteiger charge is 2.16. The van der Waals surface area contributed by atoms with Gasteiger partial charge in [0.15, 0.2) is 0 Å². The second-order valence-electron chi connectivity index (χ2n) is 7.51. The molecule has 0 aliphatic carbocycles. The van der Waals surface area contributed by atoms with Gasteiger partial charge in [0.25, 0.3) is 15.9 Å². The number of hydrogen-bond acceptors (Lipinski definition) is 5. The second kappa shape index (κ2) is 8.25. The van der Waals surface area contributed by atoms with Crippen molar-refractivity contribution in [2.75, 3.05) is 10.0 Å². The molecule has 4 rings (SSSR count). The van der Waals surface area contributed by atoms with E-state index in [9.17, 15) is 18.0 Å². The van der Waals surface area contributed by atoms with Crippen molar-refractivity contribution < 1.29 is 13.2 Å². The highest BCUT2D eigenvalue weighted by Crippen LogP contribution is 2.24. The van der Waals surface area contributed by atoms with Crippen LogP contribution in [0.2, 0.25) is 0 Å². The summed E-state index contributed by atoms with van der Waals surface area (Å²) < 4.78 is 30.2. The average molecular weight is 468 g/mol. The van der Waals surface area contributed by atoms with Crippen molar-refractivity contribution in [1.29, 1.82) is 0 Å². The molecule has 0 radical (unpaired) electrons. The maximum Gasteiger partial charge on any atom is 0.307 e. The van der Waals surface area contributed by atoms with Gasteiger partial charge in [0.2, 0.25) is 0 Å². The first kappa shape index (κ1) is 21.8. The molecule has 0 aliphatic heterocycles. The molecule has 2 N–H and O–H groups in total. The zero-order valence-corrected chi connectivity index (χ0v) is 19.3. The van der Waals surface area contributed by atoms with Gasteiger partial charge >= 0.3 is 4.87 Å². The van der Waals surface area contributed by atoms with Crippen LogP contribution in [0, 0.1) is 13.8 Å². The molecule has 32 heavy (non-hydrogen) atoms. The summed E-state index contributed by atoms with van der Waals surface area (Å²) in [5.74, 6) is -0.330. The van der Waals surface area contributed by atoms with E-state index >= 15 is 0 Å². The molecule has 0 spiro atoms. The van der Waals surface area contributed by atoms with Crippen LogP contribution in [0.5, 0.6) is 0 Å². The Morgan fingerprint density at radius 1 is 0.969 bits per heavy atom. The van der Waals surface area contributed by atoms with Gasteiger partial charge in [-0.05, 0) is 67.9 Å². The normalized spacial score (nSPS) is 11.5. The number of anilines is 2. The molecule has 0 saturated heterocycles. The minimum atomic E-state index is -3.73. The van der Waals surface area contributed by atoms with Crippen molar-refractivity contribution >= 4 is 48.9 Å². The van der Waals surface area contributed by atoms with Gasteiger partial charge in [-0.3, -0.25) is 14.3 Å². The Balaban J connectivity index is 1.53. The molecule has 3 aromatic carbocycles. The Morgan fingerprint density at radius 3 is 2.38 bits per heavy atom.